The van der Waals surface area contributed by atoms with Gasteiger partial charge >= 0.3 is 0 Å². The molecule has 1 N–H and O–H groups in total. The van der Waals surface area contributed by atoms with E-state index in [1.807, 2.05) is 4.72 Å². The van der Waals surface area contributed by atoms with E-state index in [0.29, 0.717) is 18.7 Å². The summed E-state index contributed by atoms with van der Waals surface area (Å²) in [5.41, 5.74) is 0.825. The smallest absolute Gasteiger partial charge is 0.264 e. The van der Waals surface area contributed by atoms with E-state index in [0.717, 1.165) is 12.7 Å². The number of benzene rings is 1. The van der Waals surface area contributed by atoms with Crippen LogP contribution >= 0.6 is 0 Å². The lowest BCUT2D eigenvalue weighted by Gasteiger charge is -2.16. The molecule has 1 fully saturated rings. The summed E-state index contributed by atoms with van der Waals surface area (Å²) in [5.74, 6) is -0.684. The number of carbonyl (C=O) groups is 2. The minimum absolute atomic E-state index is 0.0145. The topological polar surface area (TPSA) is 83.6 Å². The van der Waals surface area contributed by atoms with Gasteiger partial charge in [-0.2, -0.15) is 0 Å². The number of sulfonamides is 1. The Bertz CT molecular complexity index is 624. The van der Waals surface area contributed by atoms with Gasteiger partial charge < -0.3 is 4.90 Å². The number of hydrogen-bond acceptors (Lipinski definition) is 4. The summed E-state index contributed by atoms with van der Waals surface area (Å²) in [4.78, 5) is 24.9. The maximum Gasteiger partial charge on any atom is 0.264 e. The molecule has 0 atom stereocenters. The highest BCUT2D eigenvalue weighted by Gasteiger charge is 2.22. The number of anilines is 1. The van der Waals surface area contributed by atoms with Crippen molar-refractivity contribution in [3.8, 4) is 0 Å². The fraction of sp³-hybridized carbons (Fsp3) is 0.333. The highest BCUT2D eigenvalue weighted by molar-refractivity contribution is 7.89. The van der Waals surface area contributed by atoms with Gasteiger partial charge in [0.05, 0.1) is 6.26 Å². The fourth-order valence-electron chi connectivity index (χ4n) is 1.96. The van der Waals surface area contributed by atoms with Crippen LogP contribution in [0.25, 0.3) is 0 Å². The quantitative estimate of drug-likeness (QED) is 0.875. The molecule has 1 aromatic carbocycles. The first-order valence-corrected chi connectivity index (χ1v) is 7.68. The average molecular weight is 282 g/mol. The third-order valence-corrected chi connectivity index (χ3v) is 3.33. The van der Waals surface area contributed by atoms with Crippen LogP contribution in [-0.2, 0) is 14.8 Å². The van der Waals surface area contributed by atoms with Crippen LogP contribution < -0.4 is 9.62 Å². The summed E-state index contributed by atoms with van der Waals surface area (Å²) in [6.07, 6.45) is 2.21. The Morgan fingerprint density at radius 1 is 1.37 bits per heavy atom. The van der Waals surface area contributed by atoms with Gasteiger partial charge in [0.1, 0.15) is 0 Å². The van der Waals surface area contributed by atoms with Gasteiger partial charge in [0.2, 0.25) is 15.9 Å². The second-order valence-corrected chi connectivity index (χ2v) is 6.15. The van der Waals surface area contributed by atoms with Crippen molar-refractivity contribution < 1.29 is 18.0 Å². The minimum Gasteiger partial charge on any atom is -0.312 e. The van der Waals surface area contributed by atoms with E-state index in [1.165, 1.54) is 12.1 Å². The molecule has 1 aromatic rings. The van der Waals surface area contributed by atoms with Crippen LogP contribution in [0, 0.1) is 0 Å². The lowest BCUT2D eigenvalue weighted by atomic mass is 10.2. The molecule has 2 amide bonds. The van der Waals surface area contributed by atoms with Crippen molar-refractivity contribution in [3.63, 3.8) is 0 Å². The zero-order valence-electron chi connectivity index (χ0n) is 10.4. The lowest BCUT2D eigenvalue weighted by molar-refractivity contribution is -0.117. The van der Waals surface area contributed by atoms with Crippen molar-refractivity contribution in [2.24, 2.45) is 0 Å². The van der Waals surface area contributed by atoms with E-state index in [4.69, 9.17) is 0 Å². The van der Waals surface area contributed by atoms with E-state index in [-0.39, 0.29) is 11.5 Å². The van der Waals surface area contributed by atoms with Gasteiger partial charge in [-0.15, -0.1) is 0 Å². The number of nitrogens with one attached hydrogen (secondary N) is 1. The molecule has 0 spiro atoms. The SMILES string of the molecule is CS(=O)(=O)NC(=O)c1cccc(N2CCCC2=O)c1. The molecule has 7 heteroatoms. The first-order valence-electron chi connectivity index (χ1n) is 5.79. The Balaban J connectivity index is 2.24. The van der Waals surface area contributed by atoms with Gasteiger partial charge in [-0.1, -0.05) is 6.07 Å². The minimum atomic E-state index is -3.59. The highest BCUT2D eigenvalue weighted by atomic mass is 32.2. The average Bonchev–Trinajstić information content (AvgIpc) is 2.73. The second-order valence-electron chi connectivity index (χ2n) is 4.40. The standard InChI is InChI=1S/C12H14N2O4S/c1-19(17,18)13-12(16)9-4-2-5-10(8-9)14-7-3-6-11(14)15/h2,4-5,8H,3,6-7H2,1H3,(H,13,16). The number of hydrogen-bond donors (Lipinski definition) is 1. The molecule has 0 aromatic heterocycles. The third kappa shape index (κ3) is 3.31. The molecule has 1 aliphatic rings. The van der Waals surface area contributed by atoms with E-state index in [9.17, 15) is 18.0 Å². The predicted molar refractivity (Wildman–Crippen MR) is 70.3 cm³/mol. The molecule has 0 radical (unpaired) electrons. The number of carbonyl (C=O) groups excluding carboxylic acids is 2. The number of amides is 2. The maximum absolute atomic E-state index is 11.7. The monoisotopic (exact) mass is 282 g/mol. The van der Waals surface area contributed by atoms with Crippen molar-refractivity contribution in [1.82, 2.24) is 4.72 Å². The fourth-order valence-corrected chi connectivity index (χ4v) is 2.42. The summed E-state index contributed by atoms with van der Waals surface area (Å²) >= 11 is 0. The van der Waals surface area contributed by atoms with Gasteiger partial charge in [-0.05, 0) is 24.6 Å². The first-order chi connectivity index (χ1) is 8.87. The van der Waals surface area contributed by atoms with Gasteiger partial charge in [0.15, 0.2) is 0 Å². The van der Waals surface area contributed by atoms with Crippen molar-refractivity contribution >= 4 is 27.5 Å². The molecule has 102 valence electrons. The van der Waals surface area contributed by atoms with Gasteiger partial charge in [-0.25, -0.2) is 13.1 Å². The molecule has 1 heterocycles. The van der Waals surface area contributed by atoms with Crippen molar-refractivity contribution in [1.29, 1.82) is 0 Å². The van der Waals surface area contributed by atoms with E-state index >= 15 is 0 Å². The Morgan fingerprint density at radius 2 is 2.11 bits per heavy atom. The van der Waals surface area contributed by atoms with E-state index < -0.39 is 15.9 Å². The molecule has 0 unspecified atom stereocenters. The molecular weight excluding hydrogens is 268 g/mol. The van der Waals surface area contributed by atoms with Crippen LogP contribution in [0.4, 0.5) is 5.69 Å². The van der Waals surface area contributed by atoms with Crippen LogP contribution in [0.1, 0.15) is 23.2 Å². The molecule has 2 rings (SSSR count). The molecule has 19 heavy (non-hydrogen) atoms. The molecule has 1 aliphatic heterocycles. The summed E-state index contributed by atoms with van der Waals surface area (Å²) in [6, 6.07) is 6.37. The summed E-state index contributed by atoms with van der Waals surface area (Å²) in [6.45, 7) is 0.621. The normalized spacial score (nSPS) is 15.6. The second kappa shape index (κ2) is 5.00. The van der Waals surface area contributed by atoms with E-state index in [2.05, 4.69) is 0 Å². The summed E-state index contributed by atoms with van der Waals surface area (Å²) in [5, 5.41) is 0. The Hall–Kier alpha value is -1.89. The van der Waals surface area contributed by atoms with Crippen LogP contribution in [0.2, 0.25) is 0 Å². The van der Waals surface area contributed by atoms with Crippen molar-refractivity contribution in [3.05, 3.63) is 29.8 Å². The maximum atomic E-state index is 11.7. The largest absolute Gasteiger partial charge is 0.312 e. The first kappa shape index (κ1) is 13.5. The van der Waals surface area contributed by atoms with Crippen LogP contribution in [0.5, 0.6) is 0 Å². The zero-order chi connectivity index (χ0) is 14.0. The molecular formula is C12H14N2O4S. The van der Waals surface area contributed by atoms with Crippen LogP contribution in [0.15, 0.2) is 24.3 Å². The van der Waals surface area contributed by atoms with Gasteiger partial charge in [-0.3, -0.25) is 9.59 Å². The Kier molecular flexibility index (Phi) is 3.57. The van der Waals surface area contributed by atoms with Crippen molar-refractivity contribution in [2.75, 3.05) is 17.7 Å². The third-order valence-electron chi connectivity index (χ3n) is 2.77. The molecule has 0 saturated carbocycles. The summed E-state index contributed by atoms with van der Waals surface area (Å²) < 4.78 is 23.9. The van der Waals surface area contributed by atoms with Crippen LogP contribution in [0.3, 0.4) is 0 Å². The Morgan fingerprint density at radius 3 is 2.68 bits per heavy atom. The Labute approximate surface area is 111 Å². The summed E-state index contributed by atoms with van der Waals surface area (Å²) in [7, 11) is -3.59. The van der Waals surface area contributed by atoms with Gasteiger partial charge in [0, 0.05) is 24.2 Å². The lowest BCUT2D eigenvalue weighted by Crippen LogP contribution is -2.30. The molecule has 0 bridgehead atoms. The zero-order valence-corrected chi connectivity index (χ0v) is 11.2. The molecule has 6 nitrogen and oxygen atoms in total. The molecule has 0 aliphatic carbocycles. The molecule has 1 saturated heterocycles. The van der Waals surface area contributed by atoms with Crippen LogP contribution in [-0.4, -0.2) is 33.0 Å². The number of nitrogens with zero attached hydrogens (tertiary/aromatic N) is 1. The highest BCUT2D eigenvalue weighted by Crippen LogP contribution is 2.22. The van der Waals surface area contributed by atoms with E-state index in [1.54, 1.807) is 17.0 Å². The van der Waals surface area contributed by atoms with Crippen molar-refractivity contribution in [2.45, 2.75) is 12.8 Å². The number of rotatable bonds is 3. The predicted octanol–water partition coefficient (Wildman–Crippen LogP) is 0.503. The van der Waals surface area contributed by atoms with Gasteiger partial charge in [0.25, 0.3) is 5.91 Å².